The van der Waals surface area contributed by atoms with E-state index in [-0.39, 0.29) is 5.69 Å². The Bertz CT molecular complexity index is 1770. The molecule has 0 bridgehead atoms. The summed E-state index contributed by atoms with van der Waals surface area (Å²) in [5.74, 6) is -0.903. The molecule has 1 aliphatic rings. The molecule has 8 heteroatoms. The lowest BCUT2D eigenvalue weighted by Crippen LogP contribution is -2.19. The molecule has 1 saturated carbocycles. The largest absolute Gasteiger partial charge is 0.481 e. The lowest BCUT2D eigenvalue weighted by molar-refractivity contribution is -0.140. The summed E-state index contributed by atoms with van der Waals surface area (Å²) >= 11 is 6.25. The first kappa shape index (κ1) is 26.6. The number of rotatable bonds is 7. The molecule has 4 aromatic carbocycles. The minimum atomic E-state index is -0.785. The second-order valence-corrected chi connectivity index (χ2v) is 10.6. The molecule has 206 valence electrons. The van der Waals surface area contributed by atoms with Crippen molar-refractivity contribution in [3.05, 3.63) is 113 Å². The van der Waals surface area contributed by atoms with E-state index in [9.17, 15) is 19.1 Å². The zero-order chi connectivity index (χ0) is 28.7. The third-order valence-electron chi connectivity index (χ3n) is 7.58. The number of anilines is 1. The van der Waals surface area contributed by atoms with Crippen molar-refractivity contribution in [1.29, 1.82) is 0 Å². The Morgan fingerprint density at radius 2 is 1.59 bits per heavy atom. The van der Waals surface area contributed by atoms with Crippen LogP contribution in [0.1, 0.15) is 37.0 Å². The maximum atomic E-state index is 14.2. The summed E-state index contributed by atoms with van der Waals surface area (Å²) < 4.78 is 25.8. The van der Waals surface area contributed by atoms with Crippen molar-refractivity contribution in [1.82, 2.24) is 0 Å². The minimum Gasteiger partial charge on any atom is -0.481 e. The number of nitrogens with one attached hydrogen (secondary N) is 1. The van der Waals surface area contributed by atoms with Gasteiger partial charge in [-0.1, -0.05) is 78.3 Å². The third kappa shape index (κ3) is 5.05. The Morgan fingerprint density at radius 1 is 0.951 bits per heavy atom. The number of fused-ring (bicyclic) bond motifs is 1. The highest BCUT2D eigenvalue weighted by molar-refractivity contribution is 6.31. The summed E-state index contributed by atoms with van der Waals surface area (Å²) in [6.07, 6.45) is -0.0588. The molecule has 1 aromatic heterocycles. The lowest BCUT2D eigenvalue weighted by atomic mass is 9.93. The molecule has 41 heavy (non-hydrogen) atoms. The fourth-order valence-corrected chi connectivity index (χ4v) is 5.39. The Morgan fingerprint density at radius 3 is 2.22 bits per heavy atom. The van der Waals surface area contributed by atoms with Gasteiger partial charge in [0, 0.05) is 21.5 Å². The average molecular weight is 570 g/mol. The van der Waals surface area contributed by atoms with Gasteiger partial charge < -0.3 is 14.3 Å². The number of aliphatic carboxylic acids is 1. The number of hydrogen-bond acceptors (Lipinski definition) is 4. The highest BCUT2D eigenvalue weighted by atomic mass is 35.5. The van der Waals surface area contributed by atoms with Gasteiger partial charge in [-0.15, -0.1) is 0 Å². The van der Waals surface area contributed by atoms with Gasteiger partial charge in [0.15, 0.2) is 5.76 Å². The number of carboxylic acids is 1. The van der Waals surface area contributed by atoms with Crippen molar-refractivity contribution in [3.8, 4) is 22.5 Å². The number of halogens is 2. The molecule has 6 rings (SSSR count). The zero-order valence-electron chi connectivity index (χ0n) is 22.0. The highest BCUT2D eigenvalue weighted by Crippen LogP contribution is 2.48. The van der Waals surface area contributed by atoms with Crippen LogP contribution in [-0.4, -0.2) is 17.2 Å². The van der Waals surface area contributed by atoms with E-state index >= 15 is 0 Å². The molecule has 1 aliphatic carbocycles. The van der Waals surface area contributed by atoms with Gasteiger partial charge in [0.25, 0.3) is 0 Å². The monoisotopic (exact) mass is 569 g/mol. The summed E-state index contributed by atoms with van der Waals surface area (Å²) in [4.78, 5) is 24.6. The van der Waals surface area contributed by atoms with Crippen molar-refractivity contribution < 1.29 is 28.2 Å². The Hall–Kier alpha value is -4.62. The van der Waals surface area contributed by atoms with Crippen LogP contribution in [0.3, 0.4) is 0 Å². The summed E-state index contributed by atoms with van der Waals surface area (Å²) in [5.41, 5.74) is 3.93. The van der Waals surface area contributed by atoms with Crippen molar-refractivity contribution in [2.75, 3.05) is 5.32 Å². The Balaban J connectivity index is 1.28. The first-order chi connectivity index (χ1) is 19.7. The predicted molar refractivity (Wildman–Crippen MR) is 156 cm³/mol. The number of carbonyl (C=O) groups excluding carboxylic acids is 1. The maximum absolute atomic E-state index is 14.2. The number of hydrogen-bond donors (Lipinski definition) is 2. The molecular weight excluding hydrogens is 545 g/mol. The summed E-state index contributed by atoms with van der Waals surface area (Å²) in [7, 11) is 0. The molecule has 0 radical (unpaired) electrons. The van der Waals surface area contributed by atoms with E-state index in [2.05, 4.69) is 5.32 Å². The smallest absolute Gasteiger partial charge is 0.412 e. The number of carbonyl (C=O) groups is 2. The highest BCUT2D eigenvalue weighted by Gasteiger charge is 2.51. The van der Waals surface area contributed by atoms with E-state index in [1.54, 1.807) is 31.2 Å². The first-order valence-corrected chi connectivity index (χ1v) is 13.5. The van der Waals surface area contributed by atoms with E-state index in [4.69, 9.17) is 20.8 Å². The van der Waals surface area contributed by atoms with Gasteiger partial charge in [-0.3, -0.25) is 10.1 Å². The van der Waals surface area contributed by atoms with Gasteiger partial charge in [-0.2, -0.15) is 0 Å². The lowest BCUT2D eigenvalue weighted by Gasteiger charge is -2.15. The molecule has 1 fully saturated rings. The molecule has 5 aromatic rings. The summed E-state index contributed by atoms with van der Waals surface area (Å²) in [6.45, 7) is 1.71. The molecule has 6 nitrogen and oxygen atoms in total. The van der Waals surface area contributed by atoms with Gasteiger partial charge in [0.05, 0.1) is 11.1 Å². The van der Waals surface area contributed by atoms with Gasteiger partial charge >= 0.3 is 12.1 Å². The molecule has 0 spiro atoms. The van der Waals surface area contributed by atoms with Crippen LogP contribution < -0.4 is 5.32 Å². The quantitative estimate of drug-likeness (QED) is 0.204. The van der Waals surface area contributed by atoms with Crippen molar-refractivity contribution >= 4 is 40.3 Å². The van der Waals surface area contributed by atoms with Crippen LogP contribution in [0.5, 0.6) is 0 Å². The van der Waals surface area contributed by atoms with E-state index in [0.717, 1.165) is 16.7 Å². The molecular formula is C33H25ClFNO5. The predicted octanol–water partition coefficient (Wildman–Crippen LogP) is 8.99. The Kier molecular flexibility index (Phi) is 6.75. The van der Waals surface area contributed by atoms with Crippen molar-refractivity contribution in [2.24, 2.45) is 0 Å². The average Bonchev–Trinajstić information content (AvgIpc) is 3.72. The number of carboxylic acid groups (broad SMARTS) is 1. The SMILES string of the molecule is C[C@@H](OC(=O)Nc1c(-c2ccc(-c3ccc(C4(C(=O)O)CC4)cc3)cc2)oc2ccc(F)cc12)c1ccccc1Cl. The van der Waals surface area contributed by atoms with Gasteiger partial charge in [-0.25, -0.2) is 9.18 Å². The minimum absolute atomic E-state index is 0.288. The maximum Gasteiger partial charge on any atom is 0.412 e. The topological polar surface area (TPSA) is 88.8 Å². The van der Waals surface area contributed by atoms with E-state index < -0.39 is 29.4 Å². The molecule has 0 unspecified atom stereocenters. The zero-order valence-corrected chi connectivity index (χ0v) is 22.7. The molecule has 2 N–H and O–H groups in total. The van der Waals surface area contributed by atoms with E-state index in [0.29, 0.717) is 45.7 Å². The fraction of sp³-hybridized carbons (Fsp3) is 0.152. The second kappa shape index (κ2) is 10.4. The number of ether oxygens (including phenoxy) is 1. The van der Waals surface area contributed by atoms with Gasteiger partial charge in [0.2, 0.25) is 0 Å². The van der Waals surface area contributed by atoms with Crippen LogP contribution in [0.2, 0.25) is 5.02 Å². The first-order valence-electron chi connectivity index (χ1n) is 13.1. The molecule has 1 amide bonds. The van der Waals surface area contributed by atoms with Gasteiger partial charge in [-0.05, 0) is 60.7 Å². The van der Waals surface area contributed by atoms with Gasteiger partial charge in [0.1, 0.15) is 17.5 Å². The summed E-state index contributed by atoms with van der Waals surface area (Å²) in [5, 5.41) is 13.2. The number of amides is 1. The fourth-order valence-electron chi connectivity index (χ4n) is 5.10. The summed E-state index contributed by atoms with van der Waals surface area (Å²) in [6, 6.07) is 26.3. The van der Waals surface area contributed by atoms with E-state index in [1.807, 2.05) is 48.5 Å². The standard InChI is InChI=1S/C33H25ClFNO5/c1-19(25-4-2-3-5-27(25)34)40-32(39)36-29-26-18-24(35)14-15-28(26)41-30(29)22-8-6-20(7-9-22)21-10-12-23(13-11-21)33(16-17-33)31(37)38/h2-15,18-19H,16-17H2,1H3,(H,36,39)(H,37,38)/t19-/m1/s1. The third-order valence-corrected chi connectivity index (χ3v) is 7.93. The molecule has 0 saturated heterocycles. The van der Waals surface area contributed by atoms with Crippen molar-refractivity contribution in [2.45, 2.75) is 31.3 Å². The second-order valence-electron chi connectivity index (χ2n) is 10.2. The molecule has 0 aliphatic heterocycles. The number of furan rings is 1. The van der Waals surface area contributed by atoms with Crippen LogP contribution >= 0.6 is 11.6 Å². The molecule has 1 atom stereocenters. The van der Waals surface area contributed by atoms with E-state index in [1.165, 1.54) is 18.2 Å². The Labute approximate surface area is 240 Å². The van der Waals surface area contributed by atoms with Crippen LogP contribution in [0, 0.1) is 5.82 Å². The van der Waals surface area contributed by atoms with Crippen LogP contribution in [0.4, 0.5) is 14.9 Å². The number of benzene rings is 4. The normalized spacial score (nSPS) is 14.4. The van der Waals surface area contributed by atoms with Crippen LogP contribution in [-0.2, 0) is 14.9 Å². The molecule has 1 heterocycles. The van der Waals surface area contributed by atoms with Crippen LogP contribution in [0.15, 0.2) is 95.4 Å². The van der Waals surface area contributed by atoms with Crippen LogP contribution in [0.25, 0.3) is 33.4 Å². The van der Waals surface area contributed by atoms with Crippen molar-refractivity contribution in [3.63, 3.8) is 0 Å².